The first-order chi connectivity index (χ1) is 5.24. The van der Waals surface area contributed by atoms with E-state index in [1.54, 1.807) is 12.1 Å². The van der Waals surface area contributed by atoms with Crippen LogP contribution in [-0.2, 0) is 0 Å². The molecule has 0 spiro atoms. The van der Waals surface area contributed by atoms with Gasteiger partial charge in [-0.1, -0.05) is 12.1 Å². The lowest BCUT2D eigenvalue weighted by Gasteiger charge is -1.98. The van der Waals surface area contributed by atoms with E-state index >= 15 is 0 Å². The summed E-state index contributed by atoms with van der Waals surface area (Å²) in [6, 6.07) is 8.13. The lowest BCUT2D eigenvalue weighted by molar-refractivity contribution is 0.475. The summed E-state index contributed by atoms with van der Waals surface area (Å²) in [5.74, 6) is 0.176. The zero-order chi connectivity index (χ0) is 8.27. The van der Waals surface area contributed by atoms with Crippen molar-refractivity contribution in [2.75, 3.05) is 0 Å². The summed E-state index contributed by atoms with van der Waals surface area (Å²) in [5, 5.41) is 16.7. The van der Waals surface area contributed by atoms with Crippen LogP contribution in [0, 0.1) is 11.3 Å². The molecule has 1 aromatic rings. The molecule has 0 saturated carbocycles. The molecule has 1 rings (SSSR count). The third kappa shape index (κ3) is 1.86. The van der Waals surface area contributed by atoms with Crippen molar-refractivity contribution < 1.29 is 5.11 Å². The third-order valence-electron chi connectivity index (χ3n) is 1.30. The van der Waals surface area contributed by atoms with Crippen molar-refractivity contribution in [1.82, 2.24) is 0 Å². The monoisotopic (exact) mass is 167 g/mol. The zero-order valence-electron chi connectivity index (χ0n) is 5.66. The average molecular weight is 168 g/mol. The Morgan fingerprint density at radius 2 is 1.91 bits per heavy atom. The lowest BCUT2D eigenvalue weighted by Crippen LogP contribution is -1.83. The van der Waals surface area contributed by atoms with Gasteiger partial charge in [0.1, 0.15) is 11.1 Å². The van der Waals surface area contributed by atoms with Crippen molar-refractivity contribution in [3.8, 4) is 11.8 Å². The molecule has 0 aliphatic heterocycles. The third-order valence-corrected chi connectivity index (χ3v) is 1.65. The maximum absolute atomic E-state index is 8.89. The van der Waals surface area contributed by atoms with Crippen molar-refractivity contribution in [2.45, 2.75) is 5.38 Å². The van der Waals surface area contributed by atoms with Crippen LogP contribution in [0.15, 0.2) is 24.3 Å². The number of hydrogen-bond donors (Lipinski definition) is 1. The van der Waals surface area contributed by atoms with Gasteiger partial charge in [-0.15, -0.1) is 11.6 Å². The molecular weight excluding hydrogens is 162 g/mol. The molecule has 0 bridgehead atoms. The number of halogens is 1. The average Bonchev–Trinajstić information content (AvgIpc) is 2.05. The fourth-order valence-electron chi connectivity index (χ4n) is 0.718. The van der Waals surface area contributed by atoms with Gasteiger partial charge < -0.3 is 5.11 Å². The van der Waals surface area contributed by atoms with E-state index in [0.717, 1.165) is 0 Å². The number of phenolic OH excluding ortho intramolecular Hbond substituents is 1. The molecule has 0 aliphatic rings. The van der Waals surface area contributed by atoms with Crippen molar-refractivity contribution >= 4 is 11.6 Å². The van der Waals surface area contributed by atoms with E-state index in [9.17, 15) is 0 Å². The highest BCUT2D eigenvalue weighted by molar-refractivity contribution is 6.22. The summed E-state index contributed by atoms with van der Waals surface area (Å²) in [6.45, 7) is 0. The minimum absolute atomic E-state index is 0.176. The van der Waals surface area contributed by atoms with Crippen LogP contribution in [0.4, 0.5) is 0 Å². The van der Waals surface area contributed by atoms with Crippen molar-refractivity contribution in [2.24, 2.45) is 0 Å². The topological polar surface area (TPSA) is 44.0 Å². The molecule has 1 N–H and O–H groups in total. The molecule has 1 aromatic carbocycles. The SMILES string of the molecule is N#CC(Cl)c1ccc(O)cc1. The normalized spacial score (nSPS) is 12.0. The Hall–Kier alpha value is -1.20. The fraction of sp³-hybridized carbons (Fsp3) is 0.125. The van der Waals surface area contributed by atoms with Crippen LogP contribution < -0.4 is 0 Å². The van der Waals surface area contributed by atoms with E-state index in [4.69, 9.17) is 22.0 Å². The Labute approximate surface area is 69.7 Å². The summed E-state index contributed by atoms with van der Waals surface area (Å²) in [5.41, 5.74) is 0.701. The molecule has 2 nitrogen and oxygen atoms in total. The van der Waals surface area contributed by atoms with Gasteiger partial charge in [0.2, 0.25) is 0 Å². The minimum Gasteiger partial charge on any atom is -0.508 e. The second kappa shape index (κ2) is 3.27. The molecule has 0 fully saturated rings. The van der Waals surface area contributed by atoms with E-state index in [2.05, 4.69) is 0 Å². The Morgan fingerprint density at radius 1 is 1.36 bits per heavy atom. The predicted molar refractivity (Wildman–Crippen MR) is 42.3 cm³/mol. The van der Waals surface area contributed by atoms with Crippen LogP contribution >= 0.6 is 11.6 Å². The maximum atomic E-state index is 8.89. The van der Waals surface area contributed by atoms with Gasteiger partial charge in [-0.2, -0.15) is 5.26 Å². The van der Waals surface area contributed by atoms with Gasteiger partial charge in [0.15, 0.2) is 0 Å². The van der Waals surface area contributed by atoms with Gasteiger partial charge >= 0.3 is 0 Å². The van der Waals surface area contributed by atoms with Crippen molar-refractivity contribution in [3.63, 3.8) is 0 Å². The van der Waals surface area contributed by atoms with Crippen molar-refractivity contribution in [1.29, 1.82) is 5.26 Å². The standard InChI is InChI=1S/C8H6ClNO/c9-8(5-10)6-1-3-7(11)4-2-6/h1-4,8,11H. The van der Waals surface area contributed by atoms with Crippen LogP contribution in [0.25, 0.3) is 0 Å². The summed E-state index contributed by atoms with van der Waals surface area (Å²) in [7, 11) is 0. The Balaban J connectivity index is 2.92. The predicted octanol–water partition coefficient (Wildman–Crippen LogP) is 2.20. The van der Waals surface area contributed by atoms with Crippen LogP contribution in [0.2, 0.25) is 0 Å². The number of rotatable bonds is 1. The molecule has 0 saturated heterocycles. The lowest BCUT2D eigenvalue weighted by atomic mass is 10.1. The second-order valence-corrected chi connectivity index (χ2v) is 2.52. The fourth-order valence-corrected chi connectivity index (χ4v) is 0.863. The van der Waals surface area contributed by atoms with Gasteiger partial charge in [-0.3, -0.25) is 0 Å². The second-order valence-electron chi connectivity index (χ2n) is 2.08. The summed E-state index contributed by atoms with van der Waals surface area (Å²) in [6.07, 6.45) is 0. The van der Waals surface area contributed by atoms with E-state index in [0.29, 0.717) is 5.56 Å². The van der Waals surface area contributed by atoms with E-state index in [1.165, 1.54) is 12.1 Å². The summed E-state index contributed by atoms with van der Waals surface area (Å²) < 4.78 is 0. The maximum Gasteiger partial charge on any atom is 0.145 e. The Bertz CT molecular complexity index is 275. The first-order valence-electron chi connectivity index (χ1n) is 3.06. The molecule has 1 unspecified atom stereocenters. The number of alkyl halides is 1. The van der Waals surface area contributed by atoms with Gasteiger partial charge in [-0.25, -0.2) is 0 Å². The summed E-state index contributed by atoms with van der Waals surface area (Å²) in [4.78, 5) is 0. The highest BCUT2D eigenvalue weighted by Gasteiger charge is 2.04. The number of benzene rings is 1. The number of hydrogen-bond acceptors (Lipinski definition) is 2. The van der Waals surface area contributed by atoms with Crippen molar-refractivity contribution in [3.05, 3.63) is 29.8 Å². The van der Waals surface area contributed by atoms with Crippen LogP contribution in [-0.4, -0.2) is 5.11 Å². The molecule has 11 heavy (non-hydrogen) atoms. The van der Waals surface area contributed by atoms with E-state index in [1.807, 2.05) is 6.07 Å². The Morgan fingerprint density at radius 3 is 2.36 bits per heavy atom. The number of phenols is 1. The number of nitriles is 1. The minimum atomic E-state index is -0.629. The summed E-state index contributed by atoms with van der Waals surface area (Å²) >= 11 is 5.60. The smallest absolute Gasteiger partial charge is 0.145 e. The van der Waals surface area contributed by atoms with E-state index < -0.39 is 5.38 Å². The van der Waals surface area contributed by atoms with Gasteiger partial charge in [0.05, 0.1) is 6.07 Å². The first kappa shape index (κ1) is 7.90. The molecule has 0 radical (unpaired) electrons. The molecule has 0 amide bonds. The molecule has 0 aromatic heterocycles. The molecular formula is C8H6ClNO. The van der Waals surface area contributed by atoms with Gasteiger partial charge in [0.25, 0.3) is 0 Å². The number of nitrogens with zero attached hydrogens (tertiary/aromatic N) is 1. The zero-order valence-corrected chi connectivity index (χ0v) is 6.42. The molecule has 3 heteroatoms. The van der Waals surface area contributed by atoms with Crippen LogP contribution in [0.5, 0.6) is 5.75 Å². The molecule has 0 aliphatic carbocycles. The quantitative estimate of drug-likeness (QED) is 0.652. The Kier molecular flexibility index (Phi) is 2.35. The first-order valence-corrected chi connectivity index (χ1v) is 3.50. The van der Waals surface area contributed by atoms with Gasteiger partial charge in [0, 0.05) is 0 Å². The van der Waals surface area contributed by atoms with Crippen LogP contribution in [0.3, 0.4) is 0 Å². The van der Waals surface area contributed by atoms with Gasteiger partial charge in [-0.05, 0) is 17.7 Å². The van der Waals surface area contributed by atoms with Crippen LogP contribution in [0.1, 0.15) is 10.9 Å². The highest BCUT2D eigenvalue weighted by Crippen LogP contribution is 2.20. The highest BCUT2D eigenvalue weighted by atomic mass is 35.5. The number of aromatic hydroxyl groups is 1. The molecule has 0 heterocycles. The molecule has 1 atom stereocenters. The molecule has 56 valence electrons. The van der Waals surface area contributed by atoms with E-state index in [-0.39, 0.29) is 5.75 Å². The largest absolute Gasteiger partial charge is 0.508 e.